The number of imidazole rings is 2. The van der Waals surface area contributed by atoms with E-state index >= 15 is 4.39 Å². The largest absolute Gasteiger partial charge is 0.478 e. The summed E-state index contributed by atoms with van der Waals surface area (Å²) in [7, 11) is 0. The molecule has 1 atom stereocenters. The van der Waals surface area contributed by atoms with Crippen LogP contribution in [0, 0.1) is 11.6 Å². The molecule has 0 fully saturated rings. The molecule has 0 radical (unpaired) electrons. The van der Waals surface area contributed by atoms with Crippen LogP contribution < -0.4 is 9.47 Å². The molecule has 0 aliphatic carbocycles. The highest BCUT2D eigenvalue weighted by atomic mass is 35.5. The lowest BCUT2D eigenvalue weighted by molar-refractivity contribution is -0.0705. The van der Waals surface area contributed by atoms with E-state index in [1.165, 1.54) is 24.3 Å². The van der Waals surface area contributed by atoms with Crippen molar-refractivity contribution in [3.8, 4) is 22.6 Å². The molecule has 0 spiro atoms. The maximum absolute atomic E-state index is 15.9. The molecule has 1 N–H and O–H groups in total. The van der Waals surface area contributed by atoms with E-state index in [-0.39, 0.29) is 28.1 Å². The Morgan fingerprint density at radius 3 is 2.61 bits per heavy atom. The van der Waals surface area contributed by atoms with Gasteiger partial charge in [0.2, 0.25) is 0 Å². The maximum Gasteiger partial charge on any atom is 0.335 e. The highest BCUT2D eigenvalue weighted by Crippen LogP contribution is 2.50. The molecule has 11 heteroatoms. The standard InChI is InChI=1S/C35H27ClF2N4O4/c1-3-41-19-39-17-23(41)18-42-30-15-21(34(43)44)8-12-29(30)40-32(42)14-20-7-10-24(27(37)13-20)25-5-4-6-31-33(25)46-35(2,45-31)26-11-9-22(36)16-28(26)38/h4-13,15-17,19H,3,14,18H2,1-2H3,(H,43,44). The van der Waals surface area contributed by atoms with Gasteiger partial charge in [-0.3, -0.25) is 0 Å². The van der Waals surface area contributed by atoms with Crippen molar-refractivity contribution in [2.24, 2.45) is 0 Å². The molecule has 8 nitrogen and oxygen atoms in total. The van der Waals surface area contributed by atoms with Crippen molar-refractivity contribution in [3.05, 3.63) is 130 Å². The number of para-hydroxylation sites is 1. The number of fused-ring (bicyclic) bond motifs is 2. The number of benzene rings is 4. The first-order chi connectivity index (χ1) is 22.1. The highest BCUT2D eigenvalue weighted by Gasteiger charge is 2.42. The average Bonchev–Trinajstić information content (AvgIpc) is 3.72. The van der Waals surface area contributed by atoms with Gasteiger partial charge < -0.3 is 23.7 Å². The molecule has 7 rings (SSSR count). The summed E-state index contributed by atoms with van der Waals surface area (Å²) in [5.74, 6) is -2.27. The Bertz CT molecular complexity index is 2160. The van der Waals surface area contributed by atoms with E-state index < -0.39 is 23.4 Å². The molecule has 232 valence electrons. The van der Waals surface area contributed by atoms with Crippen LogP contribution in [0.15, 0.2) is 85.3 Å². The van der Waals surface area contributed by atoms with Crippen molar-refractivity contribution in [2.75, 3.05) is 0 Å². The van der Waals surface area contributed by atoms with Crippen molar-refractivity contribution in [3.63, 3.8) is 0 Å². The summed E-state index contributed by atoms with van der Waals surface area (Å²) in [6, 6.07) is 19.1. The van der Waals surface area contributed by atoms with Crippen molar-refractivity contribution in [2.45, 2.75) is 39.1 Å². The summed E-state index contributed by atoms with van der Waals surface area (Å²) in [6.07, 6.45) is 3.80. The van der Waals surface area contributed by atoms with Crippen LogP contribution in [-0.2, 0) is 25.3 Å². The minimum atomic E-state index is -1.48. The van der Waals surface area contributed by atoms with Crippen molar-refractivity contribution >= 4 is 28.6 Å². The lowest BCUT2D eigenvalue weighted by Gasteiger charge is -2.24. The minimum Gasteiger partial charge on any atom is -0.478 e. The Balaban J connectivity index is 1.23. The molecule has 2 aromatic heterocycles. The first-order valence-electron chi connectivity index (χ1n) is 14.6. The average molecular weight is 641 g/mol. The summed E-state index contributed by atoms with van der Waals surface area (Å²) < 4.78 is 46.9. The molecule has 3 heterocycles. The number of aromatic nitrogens is 4. The molecule has 0 bridgehead atoms. The second-order valence-electron chi connectivity index (χ2n) is 11.2. The molecule has 1 aliphatic rings. The fourth-order valence-electron chi connectivity index (χ4n) is 5.92. The number of halogens is 3. The molecule has 0 amide bonds. The van der Waals surface area contributed by atoms with Crippen LogP contribution in [-0.4, -0.2) is 30.2 Å². The van der Waals surface area contributed by atoms with E-state index in [1.54, 1.807) is 61.9 Å². The number of carboxylic acid groups (broad SMARTS) is 1. The Morgan fingerprint density at radius 1 is 1.00 bits per heavy atom. The summed E-state index contributed by atoms with van der Waals surface area (Å²) >= 11 is 5.94. The molecule has 1 unspecified atom stereocenters. The summed E-state index contributed by atoms with van der Waals surface area (Å²) in [6.45, 7) is 4.74. The quantitative estimate of drug-likeness (QED) is 0.182. The van der Waals surface area contributed by atoms with Crippen molar-refractivity contribution in [1.82, 2.24) is 19.1 Å². The third-order valence-electron chi connectivity index (χ3n) is 8.22. The van der Waals surface area contributed by atoms with Gasteiger partial charge in [0.25, 0.3) is 5.79 Å². The fraction of sp³-hybridized carbons (Fsp3) is 0.171. The first kappa shape index (κ1) is 29.5. The highest BCUT2D eigenvalue weighted by molar-refractivity contribution is 6.30. The van der Waals surface area contributed by atoms with Gasteiger partial charge in [-0.05, 0) is 61.0 Å². The van der Waals surface area contributed by atoms with E-state index in [0.29, 0.717) is 46.0 Å². The van der Waals surface area contributed by atoms with Gasteiger partial charge in [-0.15, -0.1) is 0 Å². The van der Waals surface area contributed by atoms with Crippen LogP contribution in [0.3, 0.4) is 0 Å². The molecular weight excluding hydrogens is 614 g/mol. The van der Waals surface area contributed by atoms with Crippen LogP contribution in [0.1, 0.15) is 46.9 Å². The van der Waals surface area contributed by atoms with E-state index in [0.717, 1.165) is 12.2 Å². The molecule has 6 aromatic rings. The lowest BCUT2D eigenvalue weighted by atomic mass is 10.0. The van der Waals surface area contributed by atoms with Gasteiger partial charge in [0, 0.05) is 42.2 Å². The fourth-order valence-corrected chi connectivity index (χ4v) is 6.08. The SMILES string of the molecule is CCn1cncc1Cn1c(Cc2ccc(-c3cccc4c3OC(C)(c3ccc(Cl)cc3F)O4)c(F)c2)nc2ccc(C(=O)O)cc21. The normalized spacial score (nSPS) is 15.5. The van der Waals surface area contributed by atoms with Gasteiger partial charge in [-0.25, -0.2) is 23.5 Å². The zero-order chi connectivity index (χ0) is 32.2. The number of aromatic carboxylic acids is 1. The summed E-state index contributed by atoms with van der Waals surface area (Å²) in [4.78, 5) is 20.8. The smallest absolute Gasteiger partial charge is 0.335 e. The van der Waals surface area contributed by atoms with Crippen LogP contribution in [0.2, 0.25) is 5.02 Å². The van der Waals surface area contributed by atoms with Gasteiger partial charge >= 0.3 is 5.97 Å². The first-order valence-corrected chi connectivity index (χ1v) is 15.0. The van der Waals surface area contributed by atoms with E-state index in [9.17, 15) is 14.3 Å². The van der Waals surface area contributed by atoms with Crippen LogP contribution in [0.4, 0.5) is 8.78 Å². The lowest BCUT2D eigenvalue weighted by Crippen LogP contribution is -2.32. The monoisotopic (exact) mass is 640 g/mol. The molecule has 46 heavy (non-hydrogen) atoms. The van der Waals surface area contributed by atoms with Crippen LogP contribution >= 0.6 is 11.6 Å². The third-order valence-corrected chi connectivity index (χ3v) is 8.46. The number of carbonyl (C=O) groups is 1. The van der Waals surface area contributed by atoms with Crippen LogP contribution in [0.5, 0.6) is 11.5 Å². The summed E-state index contributed by atoms with van der Waals surface area (Å²) in [5.41, 5.74) is 3.95. The predicted molar refractivity (Wildman–Crippen MR) is 168 cm³/mol. The van der Waals surface area contributed by atoms with Crippen molar-refractivity contribution < 1.29 is 28.2 Å². The van der Waals surface area contributed by atoms with Crippen molar-refractivity contribution in [1.29, 1.82) is 0 Å². The Kier molecular flexibility index (Phi) is 7.24. The Labute approximate surface area is 267 Å². The summed E-state index contributed by atoms with van der Waals surface area (Å²) in [5, 5.41) is 9.86. The second-order valence-corrected chi connectivity index (χ2v) is 11.6. The number of nitrogens with zero attached hydrogens (tertiary/aromatic N) is 4. The van der Waals surface area contributed by atoms with E-state index in [4.69, 9.17) is 26.1 Å². The zero-order valence-corrected chi connectivity index (χ0v) is 25.6. The molecular formula is C35H27ClF2N4O4. The Hall–Kier alpha value is -5.22. The minimum absolute atomic E-state index is 0.149. The van der Waals surface area contributed by atoms with Crippen LogP contribution in [0.25, 0.3) is 22.2 Å². The molecule has 0 saturated heterocycles. The van der Waals surface area contributed by atoms with E-state index in [2.05, 4.69) is 4.98 Å². The van der Waals surface area contributed by atoms with Gasteiger partial charge in [0.15, 0.2) is 11.5 Å². The number of aryl methyl sites for hydroxylation is 1. The second kappa shape index (κ2) is 11.3. The number of hydrogen-bond donors (Lipinski definition) is 1. The Morgan fingerprint density at radius 2 is 1.85 bits per heavy atom. The third kappa shape index (κ3) is 5.14. The zero-order valence-electron chi connectivity index (χ0n) is 24.8. The molecule has 4 aromatic carbocycles. The number of carboxylic acids is 1. The molecule has 0 saturated carbocycles. The molecule has 1 aliphatic heterocycles. The predicted octanol–water partition coefficient (Wildman–Crippen LogP) is 7.83. The number of ether oxygens (including phenoxy) is 2. The number of hydrogen-bond acceptors (Lipinski definition) is 5. The van der Waals surface area contributed by atoms with Gasteiger partial charge in [0.1, 0.15) is 17.5 Å². The van der Waals surface area contributed by atoms with Gasteiger partial charge in [-0.1, -0.05) is 35.9 Å². The van der Waals surface area contributed by atoms with Gasteiger partial charge in [0.05, 0.1) is 40.7 Å². The topological polar surface area (TPSA) is 91.4 Å². The maximum atomic E-state index is 15.9. The van der Waals surface area contributed by atoms with E-state index in [1.807, 2.05) is 22.1 Å². The van der Waals surface area contributed by atoms with Gasteiger partial charge in [-0.2, -0.15) is 0 Å². The number of rotatable bonds is 8.